The molecular formula is C26H40O5. The van der Waals surface area contributed by atoms with Crippen LogP contribution in [0.1, 0.15) is 69.9 Å². The molecule has 1 aromatic carbocycles. The Bertz CT molecular complexity index is 686. The van der Waals surface area contributed by atoms with E-state index in [1.54, 1.807) is 6.08 Å². The highest BCUT2D eigenvalue weighted by molar-refractivity contribution is 5.69. The Hall–Kier alpha value is -1.69. The van der Waals surface area contributed by atoms with Gasteiger partial charge >= 0.3 is 5.97 Å². The number of aliphatic hydroxyl groups excluding tert-OH is 3. The van der Waals surface area contributed by atoms with Crippen LogP contribution in [0.3, 0.4) is 0 Å². The lowest BCUT2D eigenvalue weighted by molar-refractivity contribution is -0.143. The molecular weight excluding hydrogens is 392 g/mol. The van der Waals surface area contributed by atoms with Gasteiger partial charge in [-0.05, 0) is 49.7 Å². The van der Waals surface area contributed by atoms with E-state index >= 15 is 0 Å². The summed E-state index contributed by atoms with van der Waals surface area (Å²) in [6.45, 7) is 4.35. The zero-order valence-electron chi connectivity index (χ0n) is 19.1. The van der Waals surface area contributed by atoms with Crippen molar-refractivity contribution in [1.29, 1.82) is 0 Å². The maximum atomic E-state index is 11.6. The molecule has 174 valence electrons. The Labute approximate surface area is 187 Å². The van der Waals surface area contributed by atoms with Gasteiger partial charge in [0.1, 0.15) is 0 Å². The van der Waals surface area contributed by atoms with Crippen LogP contribution in [-0.2, 0) is 22.4 Å². The quantitative estimate of drug-likeness (QED) is 0.249. The third-order valence-corrected chi connectivity index (χ3v) is 6.28. The smallest absolute Gasteiger partial charge is 0.305 e. The van der Waals surface area contributed by atoms with Gasteiger partial charge in [0.15, 0.2) is 0 Å². The van der Waals surface area contributed by atoms with Crippen molar-refractivity contribution in [3.63, 3.8) is 0 Å². The molecule has 1 fully saturated rings. The third-order valence-electron chi connectivity index (χ3n) is 6.28. The summed E-state index contributed by atoms with van der Waals surface area (Å²) in [5.41, 5.74) is 2.31. The molecule has 0 unspecified atom stereocenters. The van der Waals surface area contributed by atoms with Crippen LogP contribution in [0.2, 0.25) is 0 Å². The van der Waals surface area contributed by atoms with E-state index in [0.29, 0.717) is 25.9 Å². The van der Waals surface area contributed by atoms with Crippen LogP contribution in [0, 0.1) is 11.8 Å². The maximum absolute atomic E-state index is 11.6. The molecule has 0 bridgehead atoms. The molecule has 0 radical (unpaired) electrons. The van der Waals surface area contributed by atoms with Crippen molar-refractivity contribution in [3.05, 3.63) is 47.5 Å². The first-order valence-corrected chi connectivity index (χ1v) is 11.9. The molecule has 31 heavy (non-hydrogen) atoms. The van der Waals surface area contributed by atoms with Crippen molar-refractivity contribution in [2.24, 2.45) is 11.8 Å². The number of unbranched alkanes of at least 4 members (excludes halogenated alkanes) is 2. The van der Waals surface area contributed by atoms with Crippen LogP contribution < -0.4 is 0 Å². The number of ether oxygens (including phenoxy) is 1. The second-order valence-electron chi connectivity index (χ2n) is 8.69. The normalized spacial score (nSPS) is 24.5. The Morgan fingerprint density at radius 3 is 2.58 bits per heavy atom. The maximum Gasteiger partial charge on any atom is 0.305 e. The number of carbonyl (C=O) groups is 1. The molecule has 0 spiro atoms. The first kappa shape index (κ1) is 25.6. The minimum absolute atomic E-state index is 0.0969. The second-order valence-corrected chi connectivity index (χ2v) is 8.69. The largest absolute Gasteiger partial charge is 0.466 e. The third kappa shape index (κ3) is 8.40. The van der Waals surface area contributed by atoms with Crippen LogP contribution in [0.15, 0.2) is 36.4 Å². The average molecular weight is 433 g/mol. The molecule has 2 rings (SSSR count). The Morgan fingerprint density at radius 1 is 1.13 bits per heavy atom. The standard InChI is InChI=1S/C26H40O5/c1-3-5-6-13-21(27)15-16-22-23(25(29)18-24(22)28)17-20-11-8-7-10-19(20)12-9-14-26(30)31-4-2/h7-8,10-11,15-16,21-25,27-29H,3-6,9,12-14,17-18H2,1-2H3/b16-15+/t21-,22-,23-,24-,25+/m0/s1. The van der Waals surface area contributed by atoms with Gasteiger partial charge in [-0.3, -0.25) is 4.79 Å². The summed E-state index contributed by atoms with van der Waals surface area (Å²) in [6.07, 6.45) is 8.86. The molecule has 0 aliphatic heterocycles. The predicted molar refractivity (Wildman–Crippen MR) is 123 cm³/mol. The van der Waals surface area contributed by atoms with E-state index in [-0.39, 0.29) is 17.8 Å². The van der Waals surface area contributed by atoms with Crippen molar-refractivity contribution in [3.8, 4) is 0 Å². The molecule has 0 heterocycles. The molecule has 0 amide bonds. The SMILES string of the molecule is CCCCC[C@H](O)/C=C/[C@H]1[C@H](Cc2ccccc2CCCC(=O)OCC)[C@H](O)C[C@@H]1O. The van der Waals surface area contributed by atoms with Crippen LogP contribution in [0.5, 0.6) is 0 Å². The molecule has 5 heteroatoms. The van der Waals surface area contributed by atoms with Gasteiger partial charge in [0, 0.05) is 18.8 Å². The zero-order chi connectivity index (χ0) is 22.6. The minimum atomic E-state index is -0.602. The highest BCUT2D eigenvalue weighted by Crippen LogP contribution is 2.37. The number of hydrogen-bond donors (Lipinski definition) is 3. The first-order valence-electron chi connectivity index (χ1n) is 11.9. The number of rotatable bonds is 13. The van der Waals surface area contributed by atoms with Gasteiger partial charge in [-0.2, -0.15) is 0 Å². The van der Waals surface area contributed by atoms with E-state index in [1.807, 2.05) is 25.1 Å². The number of esters is 1. The lowest BCUT2D eigenvalue weighted by Gasteiger charge is -2.22. The van der Waals surface area contributed by atoms with Gasteiger partial charge in [0.2, 0.25) is 0 Å². The van der Waals surface area contributed by atoms with Crippen LogP contribution >= 0.6 is 0 Å². The number of benzene rings is 1. The van der Waals surface area contributed by atoms with Gasteiger partial charge in [0.05, 0.1) is 24.9 Å². The highest BCUT2D eigenvalue weighted by Gasteiger charge is 2.40. The summed E-state index contributed by atoms with van der Waals surface area (Å²) in [6, 6.07) is 8.12. The fraction of sp³-hybridized carbons (Fsp3) is 0.654. The summed E-state index contributed by atoms with van der Waals surface area (Å²) in [5, 5.41) is 31.3. The van der Waals surface area contributed by atoms with Crippen LogP contribution in [0.4, 0.5) is 0 Å². The second kappa shape index (κ2) is 13.7. The van der Waals surface area contributed by atoms with E-state index in [9.17, 15) is 20.1 Å². The molecule has 0 saturated heterocycles. The van der Waals surface area contributed by atoms with E-state index in [1.165, 1.54) is 5.56 Å². The molecule has 1 aliphatic rings. The lowest BCUT2D eigenvalue weighted by atomic mass is 9.85. The molecule has 5 atom stereocenters. The number of carbonyl (C=O) groups excluding carboxylic acids is 1. The van der Waals surface area contributed by atoms with Gasteiger partial charge in [-0.15, -0.1) is 0 Å². The van der Waals surface area contributed by atoms with Crippen molar-refractivity contribution >= 4 is 5.97 Å². The van der Waals surface area contributed by atoms with E-state index in [2.05, 4.69) is 19.1 Å². The van der Waals surface area contributed by atoms with E-state index < -0.39 is 18.3 Å². The Balaban J connectivity index is 2.01. The number of aliphatic hydroxyl groups is 3. The molecule has 3 N–H and O–H groups in total. The summed E-state index contributed by atoms with van der Waals surface area (Å²) >= 11 is 0. The lowest BCUT2D eigenvalue weighted by Crippen LogP contribution is -2.23. The monoisotopic (exact) mass is 432 g/mol. The van der Waals surface area contributed by atoms with Crippen molar-refractivity contribution in [1.82, 2.24) is 0 Å². The summed E-state index contributed by atoms with van der Waals surface area (Å²) in [5.74, 6) is -0.444. The molecule has 1 aliphatic carbocycles. The topological polar surface area (TPSA) is 87.0 Å². The molecule has 1 aromatic rings. The fourth-order valence-corrected chi connectivity index (χ4v) is 4.53. The Kier molecular flexibility index (Phi) is 11.3. The number of aryl methyl sites for hydroxylation is 1. The minimum Gasteiger partial charge on any atom is -0.466 e. The molecule has 5 nitrogen and oxygen atoms in total. The van der Waals surface area contributed by atoms with Crippen molar-refractivity contribution < 1.29 is 24.9 Å². The van der Waals surface area contributed by atoms with E-state index in [4.69, 9.17) is 4.74 Å². The summed E-state index contributed by atoms with van der Waals surface area (Å²) < 4.78 is 5.01. The average Bonchev–Trinajstić information content (AvgIpc) is 3.00. The predicted octanol–water partition coefficient (Wildman–Crippen LogP) is 3.97. The number of hydrogen-bond acceptors (Lipinski definition) is 5. The highest BCUT2D eigenvalue weighted by atomic mass is 16.5. The van der Waals surface area contributed by atoms with Gasteiger partial charge in [-0.25, -0.2) is 0 Å². The zero-order valence-corrected chi connectivity index (χ0v) is 19.1. The first-order chi connectivity index (χ1) is 15.0. The van der Waals surface area contributed by atoms with Crippen LogP contribution in [-0.4, -0.2) is 46.2 Å². The van der Waals surface area contributed by atoms with Gasteiger partial charge < -0.3 is 20.1 Å². The fourth-order valence-electron chi connectivity index (χ4n) is 4.53. The van der Waals surface area contributed by atoms with Crippen molar-refractivity contribution in [2.75, 3.05) is 6.61 Å². The summed E-state index contributed by atoms with van der Waals surface area (Å²) in [4.78, 5) is 11.6. The molecule has 1 saturated carbocycles. The van der Waals surface area contributed by atoms with Crippen molar-refractivity contribution in [2.45, 2.75) is 89.9 Å². The Morgan fingerprint density at radius 2 is 1.87 bits per heavy atom. The van der Waals surface area contributed by atoms with Crippen LogP contribution in [0.25, 0.3) is 0 Å². The van der Waals surface area contributed by atoms with E-state index in [0.717, 1.165) is 44.1 Å². The summed E-state index contributed by atoms with van der Waals surface area (Å²) in [7, 11) is 0. The van der Waals surface area contributed by atoms with Gasteiger partial charge in [-0.1, -0.05) is 62.6 Å². The molecule has 0 aromatic heterocycles. The van der Waals surface area contributed by atoms with Gasteiger partial charge in [0.25, 0.3) is 0 Å².